The molecule has 1 aliphatic heterocycles. The van der Waals surface area contributed by atoms with Crippen LogP contribution in [0.4, 0.5) is 0 Å². The summed E-state index contributed by atoms with van der Waals surface area (Å²) < 4.78 is 10.2. The van der Waals surface area contributed by atoms with Crippen molar-refractivity contribution in [3.8, 4) is 0 Å². The molecule has 0 amide bonds. The number of rotatable bonds is 3. The van der Waals surface area contributed by atoms with Crippen LogP contribution < -0.4 is 0 Å². The van der Waals surface area contributed by atoms with Gasteiger partial charge < -0.3 is 24.8 Å². The van der Waals surface area contributed by atoms with E-state index in [0.717, 1.165) is 0 Å². The second kappa shape index (κ2) is 4.74. The summed E-state index contributed by atoms with van der Waals surface area (Å²) in [5, 5.41) is 28.2. The molecule has 0 spiro atoms. The maximum atomic E-state index is 9.60. The summed E-state index contributed by atoms with van der Waals surface area (Å²) in [4.78, 5) is 0. The molecule has 14 heavy (non-hydrogen) atoms. The maximum absolute atomic E-state index is 9.60. The Bertz CT molecular complexity index is 185. The molecule has 0 aromatic rings. The maximum Gasteiger partial charge on any atom is 0.221 e. The van der Waals surface area contributed by atoms with E-state index in [1.165, 1.54) is 7.11 Å². The quantitative estimate of drug-likeness (QED) is 0.542. The van der Waals surface area contributed by atoms with Crippen LogP contribution in [0.1, 0.15) is 6.42 Å². The minimum Gasteiger partial charge on any atom is -0.391 e. The molecule has 1 rings (SSSR count). The molecule has 0 bridgehead atoms. The first-order valence-electron chi connectivity index (χ1n) is 4.35. The Balaban J connectivity index is 2.80. The van der Waals surface area contributed by atoms with E-state index < -0.39 is 30.7 Å². The van der Waals surface area contributed by atoms with Crippen LogP contribution in [-0.4, -0.2) is 59.0 Å². The van der Waals surface area contributed by atoms with Gasteiger partial charge in [-0.1, -0.05) is 0 Å². The molecule has 84 valence electrons. The molecule has 6 heteroatoms. The van der Waals surface area contributed by atoms with Crippen LogP contribution in [0, 0.1) is 0 Å². The van der Waals surface area contributed by atoms with Crippen molar-refractivity contribution in [2.24, 2.45) is 0 Å². The third-order valence-electron chi connectivity index (χ3n) is 2.42. The van der Waals surface area contributed by atoms with Crippen LogP contribution >= 0.6 is 11.6 Å². The minimum atomic E-state index is -1.56. The Morgan fingerprint density at radius 2 is 2.21 bits per heavy atom. The van der Waals surface area contributed by atoms with Crippen molar-refractivity contribution in [1.29, 1.82) is 0 Å². The van der Waals surface area contributed by atoms with Crippen molar-refractivity contribution >= 4 is 11.6 Å². The average Bonchev–Trinajstić information content (AvgIpc) is 2.22. The number of methoxy groups -OCH3 is 1. The summed E-state index contributed by atoms with van der Waals surface area (Å²) in [6.45, 7) is -0.533. The molecule has 1 fully saturated rings. The largest absolute Gasteiger partial charge is 0.391 e. The van der Waals surface area contributed by atoms with Gasteiger partial charge in [-0.05, 0) is 0 Å². The van der Waals surface area contributed by atoms with Crippen molar-refractivity contribution in [3.63, 3.8) is 0 Å². The zero-order valence-electron chi connectivity index (χ0n) is 7.89. The molecule has 0 aliphatic carbocycles. The van der Waals surface area contributed by atoms with Crippen molar-refractivity contribution < 1.29 is 24.8 Å². The highest BCUT2D eigenvalue weighted by Crippen LogP contribution is 2.30. The van der Waals surface area contributed by atoms with E-state index in [1.54, 1.807) is 0 Å². The van der Waals surface area contributed by atoms with Crippen LogP contribution in [0.15, 0.2) is 0 Å². The Hall–Kier alpha value is 0.0900. The predicted molar refractivity (Wildman–Crippen MR) is 49.0 cm³/mol. The average molecular weight is 227 g/mol. The van der Waals surface area contributed by atoms with Crippen molar-refractivity contribution in [2.45, 2.75) is 30.5 Å². The van der Waals surface area contributed by atoms with Crippen LogP contribution in [-0.2, 0) is 9.47 Å². The van der Waals surface area contributed by atoms with Crippen LogP contribution in [0.5, 0.6) is 0 Å². The first-order valence-corrected chi connectivity index (χ1v) is 4.89. The second-order valence-electron chi connectivity index (χ2n) is 3.32. The van der Waals surface area contributed by atoms with Gasteiger partial charge >= 0.3 is 0 Å². The Labute approximate surface area is 87.2 Å². The summed E-state index contributed by atoms with van der Waals surface area (Å²) in [6, 6.07) is 0. The number of hydrogen-bond donors (Lipinski definition) is 3. The lowest BCUT2D eigenvalue weighted by molar-refractivity contribution is -0.339. The molecule has 0 unspecified atom stereocenters. The lowest BCUT2D eigenvalue weighted by atomic mass is 9.96. The summed E-state index contributed by atoms with van der Waals surface area (Å²) in [5.74, 6) is -1.38. The smallest absolute Gasteiger partial charge is 0.221 e. The van der Waals surface area contributed by atoms with E-state index in [9.17, 15) is 10.2 Å². The molecule has 1 saturated heterocycles. The van der Waals surface area contributed by atoms with Crippen molar-refractivity contribution in [1.82, 2.24) is 0 Å². The number of aliphatic hydroxyl groups excluding tert-OH is 3. The van der Waals surface area contributed by atoms with Gasteiger partial charge in [0.1, 0.15) is 12.7 Å². The Morgan fingerprint density at radius 1 is 1.57 bits per heavy atom. The topological polar surface area (TPSA) is 79.2 Å². The van der Waals surface area contributed by atoms with Crippen molar-refractivity contribution in [2.75, 3.05) is 19.6 Å². The molecule has 4 atom stereocenters. The number of halogens is 1. The molecule has 0 saturated carbocycles. The van der Waals surface area contributed by atoms with Crippen molar-refractivity contribution in [3.05, 3.63) is 0 Å². The van der Waals surface area contributed by atoms with Crippen LogP contribution in [0.25, 0.3) is 0 Å². The molecule has 3 N–H and O–H groups in total. The number of alkyl halides is 1. The summed E-state index contributed by atoms with van der Waals surface area (Å²) >= 11 is 5.58. The molecule has 0 aromatic heterocycles. The Kier molecular flexibility index (Phi) is 4.12. The number of aliphatic hydroxyl groups is 3. The molecule has 1 aliphatic rings. The standard InChI is InChI=1S/C8H15ClO5/c1-13-8(4-10)7(12)6(11)2-5(3-9)14-8/h5-7,10-12H,2-4H2,1H3/t5-,6-,7+,8-/m1/s1. The van der Waals surface area contributed by atoms with Gasteiger partial charge in [0.2, 0.25) is 5.79 Å². The Morgan fingerprint density at radius 3 is 2.64 bits per heavy atom. The van der Waals surface area contributed by atoms with E-state index in [0.29, 0.717) is 0 Å². The summed E-state index contributed by atoms with van der Waals surface area (Å²) in [6.07, 6.45) is -2.46. The van der Waals surface area contributed by atoms with Crippen LogP contribution in [0.2, 0.25) is 0 Å². The van der Waals surface area contributed by atoms with E-state index in [2.05, 4.69) is 0 Å². The fourth-order valence-electron chi connectivity index (χ4n) is 1.55. The van der Waals surface area contributed by atoms with Gasteiger partial charge in [0.05, 0.1) is 12.2 Å². The van der Waals surface area contributed by atoms with Gasteiger partial charge in [-0.15, -0.1) is 11.6 Å². The monoisotopic (exact) mass is 226 g/mol. The predicted octanol–water partition coefficient (Wildman–Crippen LogP) is -0.929. The van der Waals surface area contributed by atoms with Gasteiger partial charge in [-0.25, -0.2) is 0 Å². The third kappa shape index (κ3) is 2.03. The fourth-order valence-corrected chi connectivity index (χ4v) is 1.74. The molecule has 5 nitrogen and oxygen atoms in total. The highest BCUT2D eigenvalue weighted by molar-refractivity contribution is 6.18. The summed E-state index contributed by atoms with van der Waals surface area (Å²) in [7, 11) is 1.29. The van der Waals surface area contributed by atoms with E-state index in [-0.39, 0.29) is 12.3 Å². The normalized spacial score (nSPS) is 43.9. The lowest BCUT2D eigenvalue weighted by Crippen LogP contribution is -2.61. The highest BCUT2D eigenvalue weighted by Gasteiger charge is 2.49. The van der Waals surface area contributed by atoms with E-state index in [4.69, 9.17) is 26.2 Å². The molecular formula is C8H15ClO5. The minimum absolute atomic E-state index is 0.175. The van der Waals surface area contributed by atoms with Gasteiger partial charge in [-0.2, -0.15) is 0 Å². The molecule has 0 radical (unpaired) electrons. The van der Waals surface area contributed by atoms with Gasteiger partial charge in [0, 0.05) is 19.4 Å². The highest BCUT2D eigenvalue weighted by atomic mass is 35.5. The van der Waals surface area contributed by atoms with Gasteiger partial charge in [0.25, 0.3) is 0 Å². The lowest BCUT2D eigenvalue weighted by Gasteiger charge is -2.44. The van der Waals surface area contributed by atoms with E-state index >= 15 is 0 Å². The number of ether oxygens (including phenoxy) is 2. The van der Waals surface area contributed by atoms with Crippen LogP contribution in [0.3, 0.4) is 0 Å². The molecular weight excluding hydrogens is 212 g/mol. The fraction of sp³-hybridized carbons (Fsp3) is 1.00. The number of hydrogen-bond acceptors (Lipinski definition) is 5. The first kappa shape index (κ1) is 12.2. The van der Waals surface area contributed by atoms with Gasteiger partial charge in [-0.3, -0.25) is 0 Å². The second-order valence-corrected chi connectivity index (χ2v) is 3.62. The SMILES string of the molecule is CO[C@]1(CO)O[C@@H](CCl)C[C@@H](O)[C@@H]1O. The molecule has 0 aromatic carbocycles. The zero-order chi connectivity index (χ0) is 10.8. The van der Waals surface area contributed by atoms with Gasteiger partial charge in [0.15, 0.2) is 0 Å². The first-order chi connectivity index (χ1) is 6.59. The zero-order valence-corrected chi connectivity index (χ0v) is 8.65. The summed E-state index contributed by atoms with van der Waals surface area (Å²) in [5.41, 5.74) is 0. The molecule has 1 heterocycles. The van der Waals surface area contributed by atoms with E-state index in [1.807, 2.05) is 0 Å². The third-order valence-corrected chi connectivity index (χ3v) is 2.77.